The van der Waals surface area contributed by atoms with Crippen molar-refractivity contribution < 1.29 is 18.7 Å². The standard InChI is InChI=1S/C25H36N2O5/c1-15-16(2)23(29)31-22-17-9-10-25(5,6)32-18(17)11-19(21(15)22)30-12-20(28)26-13-24(3,4)14-27(7)8/h11H,9-10,12-14H2,1-8H3,(H,26,28). The summed E-state index contributed by atoms with van der Waals surface area (Å²) in [5, 5.41) is 3.69. The van der Waals surface area contributed by atoms with E-state index in [2.05, 4.69) is 24.1 Å². The molecule has 0 saturated carbocycles. The van der Waals surface area contributed by atoms with Crippen molar-refractivity contribution in [3.63, 3.8) is 0 Å². The Bertz CT molecular complexity index is 1080. The van der Waals surface area contributed by atoms with E-state index < -0.39 is 0 Å². The van der Waals surface area contributed by atoms with Crippen LogP contribution in [-0.2, 0) is 11.2 Å². The van der Waals surface area contributed by atoms with Crippen LogP contribution in [0.3, 0.4) is 0 Å². The van der Waals surface area contributed by atoms with Gasteiger partial charge >= 0.3 is 5.63 Å². The monoisotopic (exact) mass is 444 g/mol. The Morgan fingerprint density at radius 2 is 1.94 bits per heavy atom. The maximum Gasteiger partial charge on any atom is 0.339 e. The zero-order chi connectivity index (χ0) is 23.8. The van der Waals surface area contributed by atoms with Crippen LogP contribution in [0.2, 0.25) is 0 Å². The topological polar surface area (TPSA) is 81.0 Å². The minimum atomic E-state index is -0.361. The highest BCUT2D eigenvalue weighted by Gasteiger charge is 2.31. The first-order valence-corrected chi connectivity index (χ1v) is 11.1. The summed E-state index contributed by atoms with van der Waals surface area (Å²) in [6.07, 6.45) is 1.56. The maximum atomic E-state index is 12.5. The average molecular weight is 445 g/mol. The number of ether oxygens (including phenoxy) is 2. The van der Waals surface area contributed by atoms with Crippen LogP contribution in [0.15, 0.2) is 15.3 Å². The zero-order valence-electron chi connectivity index (χ0n) is 20.6. The summed E-state index contributed by atoms with van der Waals surface area (Å²) < 4.78 is 17.8. The highest BCUT2D eigenvalue weighted by atomic mass is 16.5. The molecule has 0 atom stereocenters. The number of amides is 1. The number of rotatable bonds is 7. The molecule has 0 saturated heterocycles. The van der Waals surface area contributed by atoms with Crippen LogP contribution in [0.4, 0.5) is 0 Å². The molecular formula is C25H36N2O5. The van der Waals surface area contributed by atoms with Crippen molar-refractivity contribution in [1.29, 1.82) is 0 Å². The summed E-state index contributed by atoms with van der Waals surface area (Å²) >= 11 is 0. The van der Waals surface area contributed by atoms with Gasteiger partial charge in [0.15, 0.2) is 6.61 Å². The lowest BCUT2D eigenvalue weighted by Crippen LogP contribution is -2.41. The van der Waals surface area contributed by atoms with E-state index in [-0.39, 0.29) is 29.2 Å². The molecule has 1 N–H and O–H groups in total. The average Bonchev–Trinajstić information content (AvgIpc) is 2.66. The predicted octanol–water partition coefficient (Wildman–Crippen LogP) is 3.60. The van der Waals surface area contributed by atoms with Gasteiger partial charge in [0.05, 0.1) is 5.39 Å². The number of nitrogens with one attached hydrogen (secondary N) is 1. The number of hydrogen-bond donors (Lipinski definition) is 1. The van der Waals surface area contributed by atoms with E-state index in [0.29, 0.717) is 29.2 Å². The van der Waals surface area contributed by atoms with Crippen LogP contribution in [-0.4, -0.2) is 50.2 Å². The van der Waals surface area contributed by atoms with Gasteiger partial charge in [0.25, 0.3) is 5.91 Å². The minimum Gasteiger partial charge on any atom is -0.487 e. The molecule has 0 aliphatic carbocycles. The molecule has 2 heterocycles. The molecule has 2 aromatic rings. The molecule has 7 heteroatoms. The number of nitrogens with zero attached hydrogens (tertiary/aromatic N) is 1. The molecule has 3 rings (SSSR count). The first-order chi connectivity index (χ1) is 14.8. The largest absolute Gasteiger partial charge is 0.487 e. The summed E-state index contributed by atoms with van der Waals surface area (Å²) in [4.78, 5) is 27.0. The molecule has 1 amide bonds. The Morgan fingerprint density at radius 1 is 1.25 bits per heavy atom. The predicted molar refractivity (Wildman–Crippen MR) is 126 cm³/mol. The zero-order valence-corrected chi connectivity index (χ0v) is 20.6. The second kappa shape index (κ2) is 8.77. The SMILES string of the molecule is Cc1c(C)c2c(OCC(=O)NCC(C)(C)CN(C)C)cc3c(c2oc1=O)CCC(C)(C)O3. The van der Waals surface area contributed by atoms with E-state index in [1.807, 2.05) is 40.9 Å². The highest BCUT2D eigenvalue weighted by Crippen LogP contribution is 2.43. The Morgan fingerprint density at radius 3 is 2.59 bits per heavy atom. The molecule has 0 bridgehead atoms. The number of carbonyl (C=O) groups is 1. The van der Waals surface area contributed by atoms with E-state index in [0.717, 1.165) is 35.9 Å². The number of aryl methyl sites for hydroxylation is 2. The smallest absolute Gasteiger partial charge is 0.339 e. The molecular weight excluding hydrogens is 408 g/mol. The lowest BCUT2D eigenvalue weighted by Gasteiger charge is -2.33. The molecule has 1 aliphatic heterocycles. The summed E-state index contributed by atoms with van der Waals surface area (Å²) in [5.41, 5.74) is 1.96. The van der Waals surface area contributed by atoms with Gasteiger partial charge in [-0.25, -0.2) is 4.79 Å². The third-order valence-corrected chi connectivity index (χ3v) is 5.98. The van der Waals surface area contributed by atoms with Crippen molar-refractivity contribution in [2.75, 3.05) is 33.8 Å². The summed E-state index contributed by atoms with van der Waals surface area (Å²) in [6.45, 7) is 13.2. The van der Waals surface area contributed by atoms with E-state index in [4.69, 9.17) is 13.9 Å². The van der Waals surface area contributed by atoms with Crippen molar-refractivity contribution in [1.82, 2.24) is 10.2 Å². The molecule has 1 aliphatic rings. The molecule has 7 nitrogen and oxygen atoms in total. The number of carbonyl (C=O) groups excluding carboxylic acids is 1. The third-order valence-electron chi connectivity index (χ3n) is 5.98. The van der Waals surface area contributed by atoms with Crippen molar-refractivity contribution >= 4 is 16.9 Å². The molecule has 0 fully saturated rings. The van der Waals surface area contributed by atoms with Gasteiger partial charge in [-0.15, -0.1) is 0 Å². The van der Waals surface area contributed by atoms with E-state index in [1.165, 1.54) is 0 Å². The number of hydrogen-bond acceptors (Lipinski definition) is 6. The van der Waals surface area contributed by atoms with Crippen molar-refractivity contribution in [2.24, 2.45) is 5.41 Å². The molecule has 0 unspecified atom stereocenters. The number of benzene rings is 1. The Labute approximate surface area is 190 Å². The van der Waals surface area contributed by atoms with Gasteiger partial charge in [0.1, 0.15) is 22.7 Å². The third kappa shape index (κ3) is 5.26. The summed E-state index contributed by atoms with van der Waals surface area (Å²) in [6, 6.07) is 1.83. The molecule has 32 heavy (non-hydrogen) atoms. The summed E-state index contributed by atoms with van der Waals surface area (Å²) in [5.74, 6) is 0.932. The van der Waals surface area contributed by atoms with Gasteiger partial charge < -0.3 is 24.1 Å². The van der Waals surface area contributed by atoms with Crippen LogP contribution in [0.5, 0.6) is 11.5 Å². The van der Waals surface area contributed by atoms with Crippen LogP contribution in [0.25, 0.3) is 11.0 Å². The normalized spacial score (nSPS) is 15.4. The fourth-order valence-electron chi connectivity index (χ4n) is 4.29. The van der Waals surface area contributed by atoms with Gasteiger partial charge in [-0.3, -0.25) is 4.79 Å². The van der Waals surface area contributed by atoms with Gasteiger partial charge in [-0.05, 0) is 65.6 Å². The molecule has 1 aromatic heterocycles. The molecule has 176 valence electrons. The Kier molecular flexibility index (Phi) is 6.61. The van der Waals surface area contributed by atoms with Crippen LogP contribution < -0.4 is 20.4 Å². The first kappa shape index (κ1) is 24.1. The van der Waals surface area contributed by atoms with Gasteiger partial charge in [-0.2, -0.15) is 0 Å². The second-order valence-corrected chi connectivity index (χ2v) is 10.5. The van der Waals surface area contributed by atoms with Crippen LogP contribution >= 0.6 is 0 Å². The fraction of sp³-hybridized carbons (Fsp3) is 0.600. The molecule has 1 aromatic carbocycles. The summed E-state index contributed by atoms with van der Waals surface area (Å²) in [7, 11) is 4.03. The van der Waals surface area contributed by atoms with Gasteiger partial charge in [0, 0.05) is 30.3 Å². The van der Waals surface area contributed by atoms with E-state index >= 15 is 0 Å². The highest BCUT2D eigenvalue weighted by molar-refractivity contribution is 5.92. The Balaban J connectivity index is 1.89. The van der Waals surface area contributed by atoms with Gasteiger partial charge in [-0.1, -0.05) is 13.8 Å². The molecule has 0 radical (unpaired) electrons. The van der Waals surface area contributed by atoms with Crippen molar-refractivity contribution in [2.45, 2.75) is 60.0 Å². The second-order valence-electron chi connectivity index (χ2n) is 10.5. The Hall–Kier alpha value is -2.54. The van der Waals surface area contributed by atoms with Crippen LogP contribution in [0, 0.1) is 19.3 Å². The van der Waals surface area contributed by atoms with E-state index in [1.54, 1.807) is 6.92 Å². The van der Waals surface area contributed by atoms with Crippen molar-refractivity contribution in [3.8, 4) is 11.5 Å². The van der Waals surface area contributed by atoms with Gasteiger partial charge in [0.2, 0.25) is 0 Å². The van der Waals surface area contributed by atoms with E-state index in [9.17, 15) is 9.59 Å². The quantitative estimate of drug-likeness (QED) is 0.658. The first-order valence-electron chi connectivity index (χ1n) is 11.1. The lowest BCUT2D eigenvalue weighted by atomic mass is 9.92. The minimum absolute atomic E-state index is 0.0613. The fourth-order valence-corrected chi connectivity index (χ4v) is 4.29. The van der Waals surface area contributed by atoms with Crippen molar-refractivity contribution in [3.05, 3.63) is 33.2 Å². The molecule has 0 spiro atoms. The lowest BCUT2D eigenvalue weighted by molar-refractivity contribution is -0.123. The maximum absolute atomic E-state index is 12.5. The number of fused-ring (bicyclic) bond motifs is 3. The van der Waals surface area contributed by atoms with Crippen LogP contribution in [0.1, 0.15) is 50.8 Å².